The second-order valence-corrected chi connectivity index (χ2v) is 4.49. The van der Waals surface area contributed by atoms with Crippen LogP contribution in [0.1, 0.15) is 17.2 Å². The van der Waals surface area contributed by atoms with Crippen molar-refractivity contribution in [1.82, 2.24) is 0 Å². The first-order valence-electron chi connectivity index (χ1n) is 6.04. The van der Waals surface area contributed by atoms with Crippen molar-refractivity contribution in [3.63, 3.8) is 0 Å². The molecule has 2 aromatic rings. The van der Waals surface area contributed by atoms with Gasteiger partial charge in [0.25, 0.3) is 0 Å². The highest BCUT2D eigenvalue weighted by molar-refractivity contribution is 5.36. The number of aromatic hydroxyl groups is 1. The molecule has 0 aliphatic carbocycles. The molecule has 0 saturated carbocycles. The largest absolute Gasteiger partial charge is 0.508 e. The third-order valence-electron chi connectivity index (χ3n) is 3.05. The van der Waals surface area contributed by atoms with Crippen LogP contribution in [0.5, 0.6) is 5.75 Å². The van der Waals surface area contributed by atoms with Gasteiger partial charge in [-0.1, -0.05) is 30.3 Å². The lowest BCUT2D eigenvalue weighted by atomic mass is 9.96. The Morgan fingerprint density at radius 2 is 1.79 bits per heavy atom. The normalized spacial score (nSPS) is 14.1. The van der Waals surface area contributed by atoms with Crippen molar-refractivity contribution in [3.05, 3.63) is 65.5 Å². The topological polar surface area (TPSA) is 66.5 Å². The third kappa shape index (κ3) is 3.30. The predicted octanol–water partition coefficient (Wildman–Crippen LogP) is 2.13. The van der Waals surface area contributed by atoms with Gasteiger partial charge < -0.3 is 15.9 Å². The van der Waals surface area contributed by atoms with Gasteiger partial charge in [0.15, 0.2) is 0 Å². The molecule has 0 saturated heterocycles. The number of hydrogen-bond donors (Lipinski definition) is 3. The third-order valence-corrected chi connectivity index (χ3v) is 3.05. The SMILES string of the molecule is N[C@@H](c1cc(F)ccc1O)[C@H](O)Cc1ccccc1. The van der Waals surface area contributed by atoms with E-state index in [1.165, 1.54) is 6.07 Å². The second kappa shape index (κ2) is 5.82. The quantitative estimate of drug-likeness (QED) is 0.790. The maximum absolute atomic E-state index is 13.1. The van der Waals surface area contributed by atoms with Gasteiger partial charge in [-0.3, -0.25) is 0 Å². The highest BCUT2D eigenvalue weighted by Crippen LogP contribution is 2.26. The Kier molecular flexibility index (Phi) is 4.14. The summed E-state index contributed by atoms with van der Waals surface area (Å²) in [5.41, 5.74) is 7.02. The van der Waals surface area contributed by atoms with Crippen molar-refractivity contribution in [3.8, 4) is 5.75 Å². The molecule has 0 radical (unpaired) electrons. The zero-order chi connectivity index (χ0) is 13.8. The summed E-state index contributed by atoms with van der Waals surface area (Å²) < 4.78 is 13.1. The first-order chi connectivity index (χ1) is 9.08. The van der Waals surface area contributed by atoms with Crippen LogP contribution in [0.3, 0.4) is 0 Å². The van der Waals surface area contributed by atoms with Crippen molar-refractivity contribution >= 4 is 0 Å². The Balaban J connectivity index is 2.14. The summed E-state index contributed by atoms with van der Waals surface area (Å²) in [5.74, 6) is -0.601. The summed E-state index contributed by atoms with van der Waals surface area (Å²) in [6.45, 7) is 0. The van der Waals surface area contributed by atoms with E-state index in [9.17, 15) is 14.6 Å². The van der Waals surface area contributed by atoms with Gasteiger partial charge in [-0.25, -0.2) is 4.39 Å². The van der Waals surface area contributed by atoms with Gasteiger partial charge >= 0.3 is 0 Å². The summed E-state index contributed by atoms with van der Waals surface area (Å²) in [5, 5.41) is 19.7. The van der Waals surface area contributed by atoms with Crippen LogP contribution in [0, 0.1) is 5.82 Å². The van der Waals surface area contributed by atoms with Gasteiger partial charge in [0, 0.05) is 12.0 Å². The number of rotatable bonds is 4. The summed E-state index contributed by atoms with van der Waals surface area (Å²) in [4.78, 5) is 0. The Labute approximate surface area is 111 Å². The molecule has 4 heteroatoms. The van der Waals surface area contributed by atoms with Crippen molar-refractivity contribution in [2.45, 2.75) is 18.6 Å². The second-order valence-electron chi connectivity index (χ2n) is 4.49. The number of phenolic OH excluding ortho intramolecular Hbond substituents is 1. The van der Waals surface area contributed by atoms with Crippen LogP contribution in [-0.2, 0) is 6.42 Å². The lowest BCUT2D eigenvalue weighted by Crippen LogP contribution is -2.28. The van der Waals surface area contributed by atoms with Crippen molar-refractivity contribution in [1.29, 1.82) is 0 Å². The van der Waals surface area contributed by atoms with E-state index in [0.717, 1.165) is 17.7 Å². The number of nitrogens with two attached hydrogens (primary N) is 1. The Hall–Kier alpha value is -1.91. The molecular formula is C15H16FNO2. The zero-order valence-electron chi connectivity index (χ0n) is 10.3. The molecule has 3 nitrogen and oxygen atoms in total. The molecule has 2 aromatic carbocycles. The maximum Gasteiger partial charge on any atom is 0.123 e. The van der Waals surface area contributed by atoms with E-state index in [4.69, 9.17) is 5.73 Å². The van der Waals surface area contributed by atoms with Gasteiger partial charge in [0.05, 0.1) is 12.1 Å². The van der Waals surface area contributed by atoms with E-state index >= 15 is 0 Å². The first kappa shape index (κ1) is 13.5. The molecular weight excluding hydrogens is 245 g/mol. The van der Waals surface area contributed by atoms with E-state index in [1.807, 2.05) is 30.3 Å². The van der Waals surface area contributed by atoms with Crippen molar-refractivity contribution in [2.24, 2.45) is 5.73 Å². The fourth-order valence-corrected chi connectivity index (χ4v) is 1.98. The molecule has 100 valence electrons. The molecule has 0 spiro atoms. The van der Waals surface area contributed by atoms with Crippen LogP contribution in [0.15, 0.2) is 48.5 Å². The number of halogens is 1. The van der Waals surface area contributed by atoms with Crippen molar-refractivity contribution in [2.75, 3.05) is 0 Å². The molecule has 2 atom stereocenters. The predicted molar refractivity (Wildman–Crippen MR) is 71.1 cm³/mol. The van der Waals surface area contributed by atoms with Crippen molar-refractivity contribution < 1.29 is 14.6 Å². The molecule has 0 fully saturated rings. The van der Waals surface area contributed by atoms with E-state index in [2.05, 4.69) is 0 Å². The smallest absolute Gasteiger partial charge is 0.123 e. The molecule has 0 aromatic heterocycles. The van der Waals surface area contributed by atoms with E-state index < -0.39 is 18.0 Å². The monoisotopic (exact) mass is 261 g/mol. The van der Waals surface area contributed by atoms with Crippen LogP contribution >= 0.6 is 0 Å². The minimum absolute atomic E-state index is 0.110. The van der Waals surface area contributed by atoms with Gasteiger partial charge in [0.1, 0.15) is 11.6 Å². The van der Waals surface area contributed by atoms with Crippen LogP contribution in [-0.4, -0.2) is 16.3 Å². The van der Waals surface area contributed by atoms with Crippen LogP contribution in [0.2, 0.25) is 0 Å². The molecule has 0 aliphatic rings. The van der Waals surface area contributed by atoms with Gasteiger partial charge in [-0.15, -0.1) is 0 Å². The van der Waals surface area contributed by atoms with E-state index in [1.54, 1.807) is 0 Å². The number of aliphatic hydroxyl groups excluding tert-OH is 1. The average Bonchev–Trinajstić information content (AvgIpc) is 2.42. The summed E-state index contributed by atoms with van der Waals surface area (Å²) in [6, 6.07) is 12.1. The lowest BCUT2D eigenvalue weighted by Gasteiger charge is -2.20. The number of phenols is 1. The Morgan fingerprint density at radius 3 is 2.47 bits per heavy atom. The minimum atomic E-state index is -0.893. The Bertz CT molecular complexity index is 545. The lowest BCUT2D eigenvalue weighted by molar-refractivity contribution is 0.143. The molecule has 0 bridgehead atoms. The summed E-state index contributed by atoms with van der Waals surface area (Å²) in [6.07, 6.45) is -0.548. The fourth-order valence-electron chi connectivity index (χ4n) is 1.98. The van der Waals surface area contributed by atoms with E-state index in [-0.39, 0.29) is 11.3 Å². The number of hydrogen-bond acceptors (Lipinski definition) is 3. The van der Waals surface area contributed by atoms with Crippen LogP contribution < -0.4 is 5.73 Å². The summed E-state index contributed by atoms with van der Waals surface area (Å²) >= 11 is 0. The Morgan fingerprint density at radius 1 is 1.11 bits per heavy atom. The molecule has 0 heterocycles. The standard InChI is InChI=1S/C15H16FNO2/c16-11-6-7-13(18)12(9-11)15(17)14(19)8-10-4-2-1-3-5-10/h1-7,9,14-15,18-19H,8,17H2/t14-,15+/m1/s1. The molecule has 0 unspecified atom stereocenters. The minimum Gasteiger partial charge on any atom is -0.508 e. The van der Waals surface area contributed by atoms with Gasteiger partial charge in [0.2, 0.25) is 0 Å². The number of benzene rings is 2. The van der Waals surface area contributed by atoms with Crippen LogP contribution in [0.4, 0.5) is 4.39 Å². The molecule has 0 aliphatic heterocycles. The number of aliphatic hydroxyl groups is 1. The first-order valence-corrected chi connectivity index (χ1v) is 6.04. The maximum atomic E-state index is 13.1. The molecule has 2 rings (SSSR count). The molecule has 19 heavy (non-hydrogen) atoms. The highest BCUT2D eigenvalue weighted by atomic mass is 19.1. The zero-order valence-corrected chi connectivity index (χ0v) is 10.3. The highest BCUT2D eigenvalue weighted by Gasteiger charge is 2.20. The van der Waals surface area contributed by atoms with E-state index in [0.29, 0.717) is 6.42 Å². The van der Waals surface area contributed by atoms with Crippen LogP contribution in [0.25, 0.3) is 0 Å². The molecule has 4 N–H and O–H groups in total. The fraction of sp³-hybridized carbons (Fsp3) is 0.200. The van der Waals surface area contributed by atoms with Gasteiger partial charge in [-0.05, 0) is 23.8 Å². The summed E-state index contributed by atoms with van der Waals surface area (Å²) in [7, 11) is 0. The molecule has 0 amide bonds. The average molecular weight is 261 g/mol. The van der Waals surface area contributed by atoms with Gasteiger partial charge in [-0.2, -0.15) is 0 Å².